The Bertz CT molecular complexity index is 938. The molecule has 2 atom stereocenters. The molecule has 2 heterocycles. The molecule has 1 saturated heterocycles. The molecule has 2 unspecified atom stereocenters. The first-order valence-corrected chi connectivity index (χ1v) is 10.2. The van der Waals surface area contributed by atoms with Gasteiger partial charge in [-0.25, -0.2) is 4.98 Å². The Morgan fingerprint density at radius 1 is 1.11 bits per heavy atom. The minimum atomic E-state index is -0.222. The van der Waals surface area contributed by atoms with Crippen molar-refractivity contribution in [3.8, 4) is 0 Å². The second-order valence-corrected chi connectivity index (χ2v) is 8.13. The van der Waals surface area contributed by atoms with Gasteiger partial charge >= 0.3 is 0 Å². The first kappa shape index (κ1) is 17.4. The van der Waals surface area contributed by atoms with Crippen molar-refractivity contribution in [2.75, 3.05) is 11.9 Å². The molecule has 5 rings (SSSR count). The van der Waals surface area contributed by atoms with Crippen LogP contribution in [0.25, 0.3) is 11.1 Å². The fourth-order valence-electron chi connectivity index (χ4n) is 4.42. The summed E-state index contributed by atoms with van der Waals surface area (Å²) >= 11 is 0. The highest BCUT2D eigenvalue weighted by atomic mass is 16.3. The lowest BCUT2D eigenvalue weighted by atomic mass is 9.81. The number of oxazole rings is 1. The van der Waals surface area contributed by atoms with Crippen LogP contribution in [-0.2, 0) is 14.4 Å². The normalized spacial score (nSPS) is 24.6. The van der Waals surface area contributed by atoms with Crippen LogP contribution in [0.4, 0.5) is 5.69 Å². The number of amides is 3. The smallest absolute Gasteiger partial charge is 0.233 e. The number of carbonyl (C=O) groups is 3. The van der Waals surface area contributed by atoms with E-state index in [-0.39, 0.29) is 42.5 Å². The van der Waals surface area contributed by atoms with E-state index in [0.29, 0.717) is 11.6 Å². The molecular formula is C21H23N3O4. The molecule has 1 aromatic heterocycles. The summed E-state index contributed by atoms with van der Waals surface area (Å²) < 4.78 is 5.73. The number of benzene rings is 1. The molecule has 1 aliphatic heterocycles. The first-order chi connectivity index (χ1) is 13.6. The number of nitrogens with one attached hydrogen (secondary N) is 1. The predicted molar refractivity (Wildman–Crippen MR) is 101 cm³/mol. The molecule has 2 aliphatic carbocycles. The van der Waals surface area contributed by atoms with Gasteiger partial charge in [-0.15, -0.1) is 0 Å². The van der Waals surface area contributed by atoms with Gasteiger partial charge in [0.05, 0.1) is 11.8 Å². The molecule has 2 saturated carbocycles. The summed E-state index contributed by atoms with van der Waals surface area (Å²) in [7, 11) is 0. The maximum absolute atomic E-state index is 12.5. The molecular weight excluding hydrogens is 358 g/mol. The minimum Gasteiger partial charge on any atom is -0.440 e. The van der Waals surface area contributed by atoms with Crippen LogP contribution in [-0.4, -0.2) is 34.2 Å². The fraction of sp³-hybridized carbons (Fsp3) is 0.524. The summed E-state index contributed by atoms with van der Waals surface area (Å²) in [6.07, 6.45) is 5.92. The number of anilines is 1. The fourth-order valence-corrected chi connectivity index (χ4v) is 4.42. The molecule has 146 valence electrons. The van der Waals surface area contributed by atoms with Crippen LogP contribution in [0.5, 0.6) is 0 Å². The molecule has 3 aliphatic rings. The Morgan fingerprint density at radius 3 is 2.50 bits per heavy atom. The van der Waals surface area contributed by atoms with Gasteiger partial charge in [0.1, 0.15) is 5.52 Å². The van der Waals surface area contributed by atoms with Gasteiger partial charge in [-0.3, -0.25) is 19.3 Å². The largest absolute Gasteiger partial charge is 0.440 e. The topological polar surface area (TPSA) is 92.5 Å². The molecule has 0 bridgehead atoms. The summed E-state index contributed by atoms with van der Waals surface area (Å²) in [5, 5.41) is 2.83. The SMILES string of the molecule is O=C(CCN1C(=O)C2CCCCC2C1=O)Nc1ccc2oc(C3CC3)nc2c1. The van der Waals surface area contributed by atoms with Crippen LogP contribution in [0.3, 0.4) is 0 Å². The van der Waals surface area contributed by atoms with Gasteiger partial charge in [-0.05, 0) is 43.9 Å². The monoisotopic (exact) mass is 381 g/mol. The molecule has 0 spiro atoms. The van der Waals surface area contributed by atoms with E-state index in [4.69, 9.17) is 4.42 Å². The highest BCUT2D eigenvalue weighted by molar-refractivity contribution is 6.05. The van der Waals surface area contributed by atoms with E-state index in [2.05, 4.69) is 10.3 Å². The number of likely N-dealkylation sites (tertiary alicyclic amines) is 1. The summed E-state index contributed by atoms with van der Waals surface area (Å²) in [5.74, 6) is 0.453. The number of carbonyl (C=O) groups excluding carboxylic acids is 3. The molecule has 3 amide bonds. The Hall–Kier alpha value is -2.70. The van der Waals surface area contributed by atoms with E-state index in [9.17, 15) is 14.4 Å². The zero-order chi connectivity index (χ0) is 19.3. The van der Waals surface area contributed by atoms with Gasteiger partial charge in [0, 0.05) is 24.6 Å². The number of imide groups is 1. The Balaban J connectivity index is 1.21. The zero-order valence-corrected chi connectivity index (χ0v) is 15.6. The van der Waals surface area contributed by atoms with Crippen LogP contribution < -0.4 is 5.32 Å². The van der Waals surface area contributed by atoms with Crippen LogP contribution in [0.15, 0.2) is 22.6 Å². The van der Waals surface area contributed by atoms with Gasteiger partial charge in [0.15, 0.2) is 11.5 Å². The molecule has 2 aromatic rings. The average Bonchev–Trinajstić information content (AvgIpc) is 3.42. The van der Waals surface area contributed by atoms with Crippen molar-refractivity contribution in [1.29, 1.82) is 0 Å². The maximum Gasteiger partial charge on any atom is 0.233 e. The molecule has 28 heavy (non-hydrogen) atoms. The van der Waals surface area contributed by atoms with Crippen molar-refractivity contribution >= 4 is 34.5 Å². The molecule has 1 aromatic carbocycles. The van der Waals surface area contributed by atoms with Gasteiger partial charge in [-0.1, -0.05) is 12.8 Å². The van der Waals surface area contributed by atoms with Crippen LogP contribution in [0.1, 0.15) is 56.8 Å². The van der Waals surface area contributed by atoms with E-state index >= 15 is 0 Å². The molecule has 7 nitrogen and oxygen atoms in total. The number of fused-ring (bicyclic) bond motifs is 2. The molecule has 7 heteroatoms. The maximum atomic E-state index is 12.5. The van der Waals surface area contributed by atoms with E-state index in [0.717, 1.165) is 55.5 Å². The number of nitrogens with zero attached hydrogens (tertiary/aromatic N) is 2. The number of rotatable bonds is 5. The average molecular weight is 381 g/mol. The third-order valence-corrected chi connectivity index (χ3v) is 6.11. The Labute approximate surface area is 162 Å². The van der Waals surface area contributed by atoms with Gasteiger partial charge < -0.3 is 9.73 Å². The van der Waals surface area contributed by atoms with Crippen molar-refractivity contribution in [2.45, 2.75) is 50.9 Å². The van der Waals surface area contributed by atoms with Crippen molar-refractivity contribution in [2.24, 2.45) is 11.8 Å². The summed E-state index contributed by atoms with van der Waals surface area (Å²) in [4.78, 5) is 43.1. The van der Waals surface area contributed by atoms with Crippen LogP contribution >= 0.6 is 0 Å². The Kier molecular flexibility index (Phi) is 4.18. The van der Waals surface area contributed by atoms with Gasteiger partial charge in [0.25, 0.3) is 0 Å². The first-order valence-electron chi connectivity index (χ1n) is 10.2. The molecule has 0 radical (unpaired) electrons. The lowest BCUT2D eigenvalue weighted by molar-refractivity contribution is -0.140. The van der Waals surface area contributed by atoms with Gasteiger partial charge in [0.2, 0.25) is 17.7 Å². The minimum absolute atomic E-state index is 0.0980. The Morgan fingerprint density at radius 2 is 1.82 bits per heavy atom. The summed E-state index contributed by atoms with van der Waals surface area (Å²) in [6.45, 7) is 0.147. The van der Waals surface area contributed by atoms with Crippen molar-refractivity contribution in [3.63, 3.8) is 0 Å². The third-order valence-electron chi connectivity index (χ3n) is 6.11. The number of hydrogen-bond donors (Lipinski definition) is 1. The summed E-state index contributed by atoms with van der Waals surface area (Å²) in [5.41, 5.74) is 2.09. The van der Waals surface area contributed by atoms with Crippen LogP contribution in [0, 0.1) is 11.8 Å². The standard InChI is InChI=1S/C21H23N3O4/c25-18(9-10-24-20(26)14-3-1-2-4-15(14)21(24)27)22-13-7-8-17-16(11-13)23-19(28-17)12-5-6-12/h7-8,11-12,14-15H,1-6,9-10H2,(H,22,25). The van der Waals surface area contributed by atoms with Crippen molar-refractivity contribution < 1.29 is 18.8 Å². The van der Waals surface area contributed by atoms with E-state index < -0.39 is 0 Å². The zero-order valence-electron chi connectivity index (χ0n) is 15.6. The lowest BCUT2D eigenvalue weighted by Crippen LogP contribution is -2.34. The van der Waals surface area contributed by atoms with Crippen molar-refractivity contribution in [3.05, 3.63) is 24.1 Å². The lowest BCUT2D eigenvalue weighted by Gasteiger charge is -2.19. The second-order valence-electron chi connectivity index (χ2n) is 8.13. The number of aromatic nitrogens is 1. The van der Waals surface area contributed by atoms with Gasteiger partial charge in [-0.2, -0.15) is 0 Å². The summed E-state index contributed by atoms with van der Waals surface area (Å²) in [6, 6.07) is 5.38. The highest BCUT2D eigenvalue weighted by Crippen LogP contribution is 2.41. The predicted octanol–water partition coefficient (Wildman–Crippen LogP) is 3.21. The molecule has 1 N–H and O–H groups in total. The van der Waals surface area contributed by atoms with E-state index in [1.54, 1.807) is 12.1 Å². The quantitative estimate of drug-likeness (QED) is 0.803. The van der Waals surface area contributed by atoms with Crippen molar-refractivity contribution in [1.82, 2.24) is 9.88 Å². The highest BCUT2D eigenvalue weighted by Gasteiger charge is 2.47. The second kappa shape index (κ2) is 6.72. The van der Waals surface area contributed by atoms with E-state index in [1.807, 2.05) is 6.07 Å². The number of hydrogen-bond acceptors (Lipinski definition) is 5. The van der Waals surface area contributed by atoms with E-state index in [1.165, 1.54) is 4.90 Å². The van der Waals surface area contributed by atoms with Crippen LogP contribution in [0.2, 0.25) is 0 Å². The molecule has 3 fully saturated rings. The third kappa shape index (κ3) is 3.08.